The number of rotatable bonds is 14. The van der Waals surface area contributed by atoms with Gasteiger partial charge in [0.1, 0.15) is 6.26 Å². The molecule has 0 unspecified atom stereocenters. The van der Waals surface area contributed by atoms with E-state index in [9.17, 15) is 9.59 Å². The van der Waals surface area contributed by atoms with Crippen LogP contribution in [0.1, 0.15) is 70.3 Å². The molecular formula is C21H37N3O5. The molecule has 1 aromatic heterocycles. The fraction of sp³-hybridized carbons (Fsp3) is 0.762. The first-order chi connectivity index (χ1) is 13.8. The van der Waals surface area contributed by atoms with Gasteiger partial charge in [-0.1, -0.05) is 20.8 Å². The summed E-state index contributed by atoms with van der Waals surface area (Å²) in [6, 6.07) is 0. The van der Waals surface area contributed by atoms with Gasteiger partial charge >= 0.3 is 0 Å². The van der Waals surface area contributed by atoms with E-state index < -0.39 is 0 Å². The summed E-state index contributed by atoms with van der Waals surface area (Å²) in [6.45, 7) is 13.8. The van der Waals surface area contributed by atoms with E-state index in [1.807, 2.05) is 34.6 Å². The predicted molar refractivity (Wildman–Crippen MR) is 111 cm³/mol. The maximum Gasteiger partial charge on any atom is 0.273 e. The van der Waals surface area contributed by atoms with E-state index in [1.165, 1.54) is 6.26 Å². The Kier molecular flexibility index (Phi) is 11.5. The summed E-state index contributed by atoms with van der Waals surface area (Å²) in [6.07, 6.45) is 3.23. The number of carbonyl (C=O) groups is 2. The summed E-state index contributed by atoms with van der Waals surface area (Å²) in [5, 5.41) is 2.79. The maximum atomic E-state index is 12.7. The van der Waals surface area contributed by atoms with Gasteiger partial charge in [0.15, 0.2) is 5.69 Å². The van der Waals surface area contributed by atoms with Crippen molar-refractivity contribution in [2.24, 2.45) is 5.41 Å². The molecule has 0 saturated carbocycles. The van der Waals surface area contributed by atoms with E-state index in [0.717, 1.165) is 12.8 Å². The molecule has 0 aromatic carbocycles. The zero-order valence-corrected chi connectivity index (χ0v) is 18.6. The number of nitrogens with zero attached hydrogens (tertiary/aromatic N) is 2. The quantitative estimate of drug-likeness (QED) is 0.473. The van der Waals surface area contributed by atoms with Crippen molar-refractivity contribution in [1.29, 1.82) is 0 Å². The molecule has 0 bridgehead atoms. The van der Waals surface area contributed by atoms with Crippen molar-refractivity contribution in [2.75, 3.05) is 39.5 Å². The first-order valence-corrected chi connectivity index (χ1v) is 10.4. The highest BCUT2D eigenvalue weighted by Crippen LogP contribution is 2.21. The zero-order chi connectivity index (χ0) is 21.7. The van der Waals surface area contributed by atoms with Crippen LogP contribution < -0.4 is 5.32 Å². The first-order valence-electron chi connectivity index (χ1n) is 10.4. The number of oxazole rings is 1. The van der Waals surface area contributed by atoms with Crippen LogP contribution in [0.15, 0.2) is 10.7 Å². The molecule has 1 aromatic rings. The third-order valence-electron chi connectivity index (χ3n) is 4.02. The van der Waals surface area contributed by atoms with E-state index in [4.69, 9.17) is 13.9 Å². The van der Waals surface area contributed by atoms with Gasteiger partial charge in [-0.3, -0.25) is 9.59 Å². The van der Waals surface area contributed by atoms with Gasteiger partial charge in [0.05, 0.1) is 6.54 Å². The Morgan fingerprint density at radius 1 is 1.14 bits per heavy atom. The van der Waals surface area contributed by atoms with E-state index >= 15 is 0 Å². The van der Waals surface area contributed by atoms with Crippen molar-refractivity contribution < 1.29 is 23.5 Å². The Morgan fingerprint density at radius 2 is 1.79 bits per heavy atom. The van der Waals surface area contributed by atoms with Gasteiger partial charge in [-0.2, -0.15) is 0 Å². The highest BCUT2D eigenvalue weighted by molar-refractivity contribution is 5.91. The number of aromatic nitrogens is 1. The van der Waals surface area contributed by atoms with Crippen LogP contribution in [0.2, 0.25) is 0 Å². The average molecular weight is 412 g/mol. The molecule has 0 radical (unpaired) electrons. The molecule has 0 aliphatic heterocycles. The van der Waals surface area contributed by atoms with E-state index in [2.05, 4.69) is 10.3 Å². The van der Waals surface area contributed by atoms with Crippen LogP contribution >= 0.6 is 0 Å². The average Bonchev–Trinajstić information content (AvgIpc) is 3.11. The SMILES string of the molecule is CCOCCCNC(=O)c1coc(CN(CCCOCC)C(=O)CC(C)(C)C)n1. The monoisotopic (exact) mass is 411 g/mol. The Hall–Kier alpha value is -1.93. The molecule has 8 nitrogen and oxygen atoms in total. The van der Waals surface area contributed by atoms with E-state index in [1.54, 1.807) is 4.90 Å². The lowest BCUT2D eigenvalue weighted by Crippen LogP contribution is -2.34. The number of carbonyl (C=O) groups excluding carboxylic acids is 2. The fourth-order valence-corrected chi connectivity index (χ4v) is 2.62. The molecule has 0 spiro atoms. The predicted octanol–water partition coefficient (Wildman–Crippen LogP) is 3.02. The van der Waals surface area contributed by atoms with Gasteiger partial charge in [0.2, 0.25) is 11.8 Å². The standard InChI is InChI=1S/C21H37N3O5/c1-6-27-12-8-10-22-20(26)17-16-29-18(23-17)15-24(11-9-13-28-7-2)19(25)14-21(3,4)5/h16H,6-15H2,1-5H3,(H,22,26). The molecule has 1 N–H and O–H groups in total. The topological polar surface area (TPSA) is 93.9 Å². The van der Waals surface area contributed by atoms with Gasteiger partial charge in [0.25, 0.3) is 5.91 Å². The largest absolute Gasteiger partial charge is 0.446 e. The number of ether oxygens (including phenoxy) is 2. The molecule has 166 valence electrons. The fourth-order valence-electron chi connectivity index (χ4n) is 2.62. The molecule has 8 heteroatoms. The van der Waals surface area contributed by atoms with Crippen LogP contribution in [0.25, 0.3) is 0 Å². The molecule has 1 heterocycles. The maximum absolute atomic E-state index is 12.7. The molecule has 0 fully saturated rings. The van der Waals surface area contributed by atoms with E-state index in [-0.39, 0.29) is 29.5 Å². The molecule has 0 aliphatic carbocycles. The second-order valence-corrected chi connectivity index (χ2v) is 8.04. The Balaban J connectivity index is 2.63. The molecule has 0 atom stereocenters. The van der Waals surface area contributed by atoms with Crippen molar-refractivity contribution in [3.63, 3.8) is 0 Å². The van der Waals surface area contributed by atoms with Crippen LogP contribution in [-0.4, -0.2) is 61.2 Å². The minimum absolute atomic E-state index is 0.0362. The molecule has 2 amide bonds. The van der Waals surface area contributed by atoms with Crippen LogP contribution in [0, 0.1) is 5.41 Å². The summed E-state index contributed by atoms with van der Waals surface area (Å²) in [5.74, 6) is 0.0951. The minimum atomic E-state index is -0.291. The number of hydrogen-bond donors (Lipinski definition) is 1. The number of nitrogens with one attached hydrogen (secondary N) is 1. The minimum Gasteiger partial charge on any atom is -0.446 e. The van der Waals surface area contributed by atoms with Crippen molar-refractivity contribution >= 4 is 11.8 Å². The van der Waals surface area contributed by atoms with Crippen LogP contribution in [0.5, 0.6) is 0 Å². The lowest BCUT2D eigenvalue weighted by molar-refractivity contribution is -0.134. The van der Waals surface area contributed by atoms with Gasteiger partial charge in [-0.25, -0.2) is 4.98 Å². The second-order valence-electron chi connectivity index (χ2n) is 8.04. The Labute approximate surface area is 174 Å². The number of hydrogen-bond acceptors (Lipinski definition) is 6. The van der Waals surface area contributed by atoms with Crippen molar-refractivity contribution in [2.45, 2.75) is 60.4 Å². The van der Waals surface area contributed by atoms with Crippen LogP contribution in [0.4, 0.5) is 0 Å². The third-order valence-corrected chi connectivity index (χ3v) is 4.02. The smallest absolute Gasteiger partial charge is 0.273 e. The Morgan fingerprint density at radius 3 is 2.41 bits per heavy atom. The normalized spacial score (nSPS) is 11.5. The molecular weight excluding hydrogens is 374 g/mol. The summed E-state index contributed by atoms with van der Waals surface area (Å²) in [4.78, 5) is 30.9. The van der Waals surface area contributed by atoms with Crippen molar-refractivity contribution in [1.82, 2.24) is 15.2 Å². The Bertz CT molecular complexity index is 610. The molecule has 0 aliphatic rings. The van der Waals surface area contributed by atoms with Gasteiger partial charge in [-0.05, 0) is 32.1 Å². The van der Waals surface area contributed by atoms with Crippen LogP contribution in [0.3, 0.4) is 0 Å². The molecule has 29 heavy (non-hydrogen) atoms. The van der Waals surface area contributed by atoms with Crippen molar-refractivity contribution in [3.05, 3.63) is 17.8 Å². The van der Waals surface area contributed by atoms with Gasteiger partial charge in [0, 0.05) is 45.9 Å². The van der Waals surface area contributed by atoms with Crippen LogP contribution in [-0.2, 0) is 20.8 Å². The van der Waals surface area contributed by atoms with Gasteiger partial charge < -0.3 is 24.1 Å². The summed E-state index contributed by atoms with van der Waals surface area (Å²) >= 11 is 0. The summed E-state index contributed by atoms with van der Waals surface area (Å²) < 4.78 is 16.1. The third kappa shape index (κ3) is 11.0. The van der Waals surface area contributed by atoms with Gasteiger partial charge in [-0.15, -0.1) is 0 Å². The number of amides is 2. The lowest BCUT2D eigenvalue weighted by Gasteiger charge is -2.25. The lowest BCUT2D eigenvalue weighted by atomic mass is 9.91. The molecule has 1 rings (SSSR count). The van der Waals surface area contributed by atoms with E-state index in [0.29, 0.717) is 51.8 Å². The summed E-state index contributed by atoms with van der Waals surface area (Å²) in [5.41, 5.74) is 0.104. The first kappa shape index (κ1) is 25.1. The zero-order valence-electron chi connectivity index (χ0n) is 18.6. The summed E-state index contributed by atoms with van der Waals surface area (Å²) in [7, 11) is 0. The highest BCUT2D eigenvalue weighted by atomic mass is 16.5. The van der Waals surface area contributed by atoms with Crippen molar-refractivity contribution in [3.8, 4) is 0 Å². The highest BCUT2D eigenvalue weighted by Gasteiger charge is 2.23. The second kappa shape index (κ2) is 13.3. The molecule has 0 saturated heterocycles.